The highest BCUT2D eigenvalue weighted by molar-refractivity contribution is 5.98. The second-order valence-corrected chi connectivity index (χ2v) is 12.1. The number of rotatable bonds is 8. The van der Waals surface area contributed by atoms with E-state index in [9.17, 15) is 0 Å². The molecule has 0 aliphatic heterocycles. The fourth-order valence-electron chi connectivity index (χ4n) is 6.73. The van der Waals surface area contributed by atoms with Gasteiger partial charge in [0.1, 0.15) is 0 Å². The lowest BCUT2D eigenvalue weighted by Crippen LogP contribution is -2.11. The molecule has 0 saturated heterocycles. The smallest absolute Gasteiger partial charge is 0.0540 e. The van der Waals surface area contributed by atoms with Gasteiger partial charge in [0.25, 0.3) is 0 Å². The first-order chi connectivity index (χ1) is 24.3. The maximum Gasteiger partial charge on any atom is 0.0540 e. The van der Waals surface area contributed by atoms with Gasteiger partial charge in [-0.3, -0.25) is 0 Å². The number of hydrogen-bond acceptors (Lipinski definition) is 1. The van der Waals surface area contributed by atoms with Crippen LogP contribution in [0.5, 0.6) is 0 Å². The van der Waals surface area contributed by atoms with E-state index in [0.717, 1.165) is 22.6 Å². The number of para-hydroxylation sites is 2. The van der Waals surface area contributed by atoms with Crippen LogP contribution >= 0.6 is 0 Å². The Morgan fingerprint density at radius 1 is 0.224 bits per heavy atom. The summed E-state index contributed by atoms with van der Waals surface area (Å²) < 4.78 is 0. The molecular formula is C48H35N. The molecule has 8 aromatic carbocycles. The van der Waals surface area contributed by atoms with Gasteiger partial charge in [-0.05, 0) is 86.5 Å². The zero-order valence-corrected chi connectivity index (χ0v) is 27.2. The van der Waals surface area contributed by atoms with Gasteiger partial charge in [-0.15, -0.1) is 0 Å². The second kappa shape index (κ2) is 13.7. The highest BCUT2D eigenvalue weighted by atomic mass is 15.1. The van der Waals surface area contributed by atoms with Crippen LogP contribution in [0.4, 0.5) is 17.1 Å². The van der Waals surface area contributed by atoms with Crippen molar-refractivity contribution in [1.29, 1.82) is 0 Å². The Hall–Kier alpha value is -6.44. The number of nitrogens with zero attached hydrogens (tertiary/aromatic N) is 1. The van der Waals surface area contributed by atoms with E-state index in [1.54, 1.807) is 0 Å². The lowest BCUT2D eigenvalue weighted by Gasteiger charge is -2.29. The van der Waals surface area contributed by atoms with Crippen molar-refractivity contribution in [3.63, 3.8) is 0 Å². The minimum absolute atomic E-state index is 1.10. The van der Waals surface area contributed by atoms with Crippen LogP contribution < -0.4 is 4.90 Å². The molecule has 8 aromatic rings. The van der Waals surface area contributed by atoms with E-state index in [0.29, 0.717) is 0 Å². The first-order valence-electron chi connectivity index (χ1n) is 16.8. The van der Waals surface area contributed by atoms with Crippen molar-refractivity contribution in [2.24, 2.45) is 0 Å². The molecule has 0 aromatic heterocycles. The van der Waals surface area contributed by atoms with E-state index < -0.39 is 0 Å². The van der Waals surface area contributed by atoms with Crippen LogP contribution in [0, 0.1) is 0 Å². The molecule has 0 bridgehead atoms. The Bertz CT molecular complexity index is 2290. The van der Waals surface area contributed by atoms with Crippen LogP contribution in [-0.4, -0.2) is 0 Å². The zero-order valence-electron chi connectivity index (χ0n) is 27.2. The van der Waals surface area contributed by atoms with E-state index in [2.05, 4.69) is 217 Å². The third-order valence-electron chi connectivity index (χ3n) is 9.11. The lowest BCUT2D eigenvalue weighted by molar-refractivity contribution is 1.28. The van der Waals surface area contributed by atoms with Gasteiger partial charge < -0.3 is 4.90 Å². The lowest BCUT2D eigenvalue weighted by atomic mass is 9.87. The Morgan fingerprint density at radius 2 is 0.633 bits per heavy atom. The Balaban J connectivity index is 1.35. The van der Waals surface area contributed by atoms with Gasteiger partial charge in [0.05, 0.1) is 5.69 Å². The second-order valence-electron chi connectivity index (χ2n) is 12.1. The summed E-state index contributed by atoms with van der Waals surface area (Å²) in [5.74, 6) is 0. The van der Waals surface area contributed by atoms with Crippen LogP contribution in [0.1, 0.15) is 0 Å². The van der Waals surface area contributed by atoms with Crippen molar-refractivity contribution in [2.45, 2.75) is 0 Å². The third kappa shape index (κ3) is 6.18. The van der Waals surface area contributed by atoms with Crippen LogP contribution in [-0.2, 0) is 0 Å². The van der Waals surface area contributed by atoms with Gasteiger partial charge in [0.15, 0.2) is 0 Å². The summed E-state index contributed by atoms with van der Waals surface area (Å²) in [6.07, 6.45) is 0. The molecule has 0 saturated carbocycles. The van der Waals surface area contributed by atoms with E-state index in [4.69, 9.17) is 0 Å². The third-order valence-corrected chi connectivity index (χ3v) is 9.11. The van der Waals surface area contributed by atoms with E-state index >= 15 is 0 Å². The van der Waals surface area contributed by atoms with Crippen molar-refractivity contribution in [2.75, 3.05) is 4.90 Å². The number of benzene rings is 8. The van der Waals surface area contributed by atoms with Crippen molar-refractivity contribution >= 4 is 17.1 Å². The summed E-state index contributed by atoms with van der Waals surface area (Å²) >= 11 is 0. The minimum Gasteiger partial charge on any atom is -0.310 e. The maximum absolute atomic E-state index is 2.38. The predicted molar refractivity (Wildman–Crippen MR) is 208 cm³/mol. The Morgan fingerprint density at radius 3 is 1.27 bits per heavy atom. The van der Waals surface area contributed by atoms with Crippen molar-refractivity contribution in [1.82, 2.24) is 0 Å². The quantitative estimate of drug-likeness (QED) is 0.162. The topological polar surface area (TPSA) is 3.24 Å². The molecule has 0 amide bonds. The molecule has 0 radical (unpaired) electrons. The molecule has 0 N–H and O–H groups in total. The maximum atomic E-state index is 2.38. The van der Waals surface area contributed by atoms with E-state index in [1.807, 2.05) is 0 Å². The van der Waals surface area contributed by atoms with Crippen LogP contribution in [0.25, 0.3) is 55.6 Å². The molecule has 0 aliphatic rings. The fraction of sp³-hybridized carbons (Fsp3) is 0. The molecule has 0 spiro atoms. The highest BCUT2D eigenvalue weighted by Gasteiger charge is 2.21. The van der Waals surface area contributed by atoms with Crippen molar-refractivity contribution < 1.29 is 0 Å². The molecule has 49 heavy (non-hydrogen) atoms. The standard InChI is InChI=1S/C48H35N/c1-5-17-36(18-6-1)38-29-32-42(33-30-38)49(41-23-11-4-12-24-41)48-28-16-15-27-46(48)47-35-40(37-19-7-2-8-20-37)31-34-45(47)44-26-14-13-25-43(44)39-21-9-3-10-22-39/h1-35H. The summed E-state index contributed by atoms with van der Waals surface area (Å²) in [7, 11) is 0. The summed E-state index contributed by atoms with van der Waals surface area (Å²) in [5, 5.41) is 0. The molecule has 1 nitrogen and oxygen atoms in total. The SMILES string of the molecule is c1ccc(-c2ccc(N(c3ccccc3)c3ccccc3-c3cc(-c4ccccc4)ccc3-c3ccccc3-c3ccccc3)cc2)cc1. The zero-order chi connectivity index (χ0) is 32.8. The van der Waals surface area contributed by atoms with Crippen molar-refractivity contribution in [3.8, 4) is 55.6 Å². The fourth-order valence-corrected chi connectivity index (χ4v) is 6.73. The van der Waals surface area contributed by atoms with Crippen LogP contribution in [0.15, 0.2) is 212 Å². The molecule has 0 atom stereocenters. The summed E-state index contributed by atoms with van der Waals surface area (Å²) in [4.78, 5) is 2.38. The summed E-state index contributed by atoms with van der Waals surface area (Å²) in [6.45, 7) is 0. The monoisotopic (exact) mass is 625 g/mol. The first-order valence-corrected chi connectivity index (χ1v) is 16.8. The average molecular weight is 626 g/mol. The Kier molecular flexibility index (Phi) is 8.39. The van der Waals surface area contributed by atoms with Crippen molar-refractivity contribution in [3.05, 3.63) is 212 Å². The van der Waals surface area contributed by atoms with Crippen LogP contribution in [0.3, 0.4) is 0 Å². The van der Waals surface area contributed by atoms with E-state index in [1.165, 1.54) is 50.1 Å². The van der Waals surface area contributed by atoms with Crippen LogP contribution in [0.2, 0.25) is 0 Å². The molecular weight excluding hydrogens is 591 g/mol. The molecule has 232 valence electrons. The largest absolute Gasteiger partial charge is 0.310 e. The van der Waals surface area contributed by atoms with Gasteiger partial charge >= 0.3 is 0 Å². The summed E-state index contributed by atoms with van der Waals surface area (Å²) in [6, 6.07) is 76.0. The first kappa shape index (κ1) is 29.9. The van der Waals surface area contributed by atoms with E-state index in [-0.39, 0.29) is 0 Å². The van der Waals surface area contributed by atoms with Gasteiger partial charge in [-0.1, -0.05) is 176 Å². The van der Waals surface area contributed by atoms with Gasteiger partial charge in [0.2, 0.25) is 0 Å². The predicted octanol–water partition coefficient (Wildman–Crippen LogP) is 13.5. The number of anilines is 3. The molecule has 0 fully saturated rings. The molecule has 0 aliphatic carbocycles. The number of hydrogen-bond donors (Lipinski definition) is 0. The molecule has 0 unspecified atom stereocenters. The van der Waals surface area contributed by atoms with Gasteiger partial charge in [0, 0.05) is 16.9 Å². The Labute approximate surface area is 289 Å². The highest BCUT2D eigenvalue weighted by Crippen LogP contribution is 2.46. The van der Waals surface area contributed by atoms with Gasteiger partial charge in [-0.25, -0.2) is 0 Å². The molecule has 0 heterocycles. The summed E-state index contributed by atoms with van der Waals surface area (Å²) in [5.41, 5.74) is 15.3. The normalized spacial score (nSPS) is 10.9. The average Bonchev–Trinajstić information content (AvgIpc) is 3.20. The minimum atomic E-state index is 1.10. The molecule has 8 rings (SSSR count). The van der Waals surface area contributed by atoms with Gasteiger partial charge in [-0.2, -0.15) is 0 Å². The molecule has 1 heteroatoms.